The maximum absolute atomic E-state index is 11.1. The lowest BCUT2D eigenvalue weighted by Gasteiger charge is -2.25. The van der Waals surface area contributed by atoms with Crippen LogP contribution in [0.3, 0.4) is 0 Å². The van der Waals surface area contributed by atoms with Crippen molar-refractivity contribution >= 4 is 11.6 Å². The minimum Gasteiger partial charge on any atom is -0.302 e. The highest BCUT2D eigenvalue weighted by Gasteiger charge is 2.16. The molecule has 2 heterocycles. The Morgan fingerprint density at radius 3 is 1.20 bits per heavy atom. The molecule has 4 nitrogen and oxygen atoms in total. The zero-order chi connectivity index (χ0) is 21.0. The molecule has 2 aliphatic heterocycles. The monoisotopic (exact) mass is 406 g/mol. The quantitative estimate of drug-likeness (QED) is 0.732. The molecule has 30 heavy (non-hydrogen) atoms. The highest BCUT2D eigenvalue weighted by Crippen LogP contribution is 2.09. The molecular weight excluding hydrogens is 372 g/mol. The molecule has 0 saturated carbocycles. The van der Waals surface area contributed by atoms with Crippen LogP contribution in [-0.2, 0) is 22.4 Å². The summed E-state index contributed by atoms with van der Waals surface area (Å²) in [5, 5.41) is 0. The second-order valence-electron chi connectivity index (χ2n) is 8.23. The number of rotatable bonds is 6. The first kappa shape index (κ1) is 22.4. The summed E-state index contributed by atoms with van der Waals surface area (Å²) in [4.78, 5) is 26.9. The topological polar surface area (TPSA) is 40.6 Å². The zero-order valence-corrected chi connectivity index (χ0v) is 18.0. The van der Waals surface area contributed by atoms with E-state index in [1.54, 1.807) is 0 Å². The van der Waals surface area contributed by atoms with Crippen LogP contribution in [0.25, 0.3) is 0 Å². The largest absolute Gasteiger partial charge is 0.302 e. The van der Waals surface area contributed by atoms with Crippen LogP contribution in [0.15, 0.2) is 60.7 Å². The standard InChI is InChI=1S/2C13H17NO/c2*15-13-7-10-14(11-8-13)9-6-12-4-2-1-3-5-12/h2*1-5H,6-11H2. The number of likely N-dealkylation sites (tertiary alicyclic amines) is 2. The van der Waals surface area contributed by atoms with Gasteiger partial charge in [-0.1, -0.05) is 60.7 Å². The molecule has 0 bridgehead atoms. The summed E-state index contributed by atoms with van der Waals surface area (Å²) in [5.74, 6) is 0.844. The molecule has 0 spiro atoms. The fourth-order valence-corrected chi connectivity index (χ4v) is 3.92. The molecule has 0 aromatic heterocycles. The average molecular weight is 407 g/mol. The summed E-state index contributed by atoms with van der Waals surface area (Å²) in [5.41, 5.74) is 2.77. The number of carbonyl (C=O) groups excluding carboxylic acids is 2. The molecule has 0 unspecified atom stereocenters. The van der Waals surface area contributed by atoms with E-state index in [2.05, 4.69) is 58.3 Å². The highest BCUT2D eigenvalue weighted by atomic mass is 16.1. The number of piperidine rings is 2. The van der Waals surface area contributed by atoms with Crippen molar-refractivity contribution in [2.45, 2.75) is 38.5 Å². The molecule has 2 aromatic carbocycles. The molecule has 0 radical (unpaired) electrons. The normalized spacial score (nSPS) is 18.0. The predicted octanol–water partition coefficient (Wildman–Crippen LogP) is 3.79. The maximum Gasteiger partial charge on any atom is 0.135 e. The van der Waals surface area contributed by atoms with Crippen molar-refractivity contribution in [1.29, 1.82) is 0 Å². The van der Waals surface area contributed by atoms with Gasteiger partial charge in [0.05, 0.1) is 0 Å². The Labute approximate surface area is 180 Å². The van der Waals surface area contributed by atoms with Crippen molar-refractivity contribution in [2.75, 3.05) is 39.3 Å². The van der Waals surface area contributed by atoms with Gasteiger partial charge in [-0.25, -0.2) is 0 Å². The van der Waals surface area contributed by atoms with Gasteiger partial charge in [0.1, 0.15) is 11.6 Å². The Balaban J connectivity index is 0.000000171. The molecule has 0 aliphatic carbocycles. The van der Waals surface area contributed by atoms with Gasteiger partial charge in [-0.05, 0) is 24.0 Å². The molecule has 0 N–H and O–H groups in total. The third-order valence-corrected chi connectivity index (χ3v) is 5.95. The van der Waals surface area contributed by atoms with Gasteiger partial charge < -0.3 is 9.80 Å². The molecular formula is C26H34N2O2. The van der Waals surface area contributed by atoms with Crippen molar-refractivity contribution < 1.29 is 9.59 Å². The average Bonchev–Trinajstić information content (AvgIpc) is 2.80. The number of carbonyl (C=O) groups is 2. The minimum atomic E-state index is 0.422. The SMILES string of the molecule is O=C1CCN(CCc2ccccc2)CC1.O=C1CCN(CCc2ccccc2)CC1. The maximum atomic E-state index is 11.1. The van der Waals surface area contributed by atoms with Gasteiger partial charge in [-0.2, -0.15) is 0 Å². The summed E-state index contributed by atoms with van der Waals surface area (Å²) in [7, 11) is 0. The van der Waals surface area contributed by atoms with Gasteiger partial charge in [0.25, 0.3) is 0 Å². The molecule has 160 valence electrons. The predicted molar refractivity (Wildman–Crippen MR) is 122 cm³/mol. The molecule has 2 aliphatic rings. The van der Waals surface area contributed by atoms with Crippen molar-refractivity contribution in [1.82, 2.24) is 9.80 Å². The van der Waals surface area contributed by atoms with E-state index in [4.69, 9.17) is 0 Å². The van der Waals surface area contributed by atoms with Gasteiger partial charge in [0.2, 0.25) is 0 Å². The van der Waals surface area contributed by atoms with Gasteiger partial charge in [0, 0.05) is 65.0 Å². The van der Waals surface area contributed by atoms with Crippen molar-refractivity contribution in [3.63, 3.8) is 0 Å². The van der Waals surface area contributed by atoms with E-state index in [1.165, 1.54) is 11.1 Å². The second-order valence-corrected chi connectivity index (χ2v) is 8.23. The molecule has 2 saturated heterocycles. The third-order valence-electron chi connectivity index (χ3n) is 5.95. The van der Waals surface area contributed by atoms with Crippen molar-refractivity contribution in [3.05, 3.63) is 71.8 Å². The van der Waals surface area contributed by atoms with Crippen LogP contribution in [0.4, 0.5) is 0 Å². The summed E-state index contributed by atoms with van der Waals surface area (Å²) >= 11 is 0. The van der Waals surface area contributed by atoms with Crippen molar-refractivity contribution in [3.8, 4) is 0 Å². The molecule has 4 rings (SSSR count). The summed E-state index contributed by atoms with van der Waals surface area (Å²) in [6, 6.07) is 21.1. The van der Waals surface area contributed by atoms with Crippen LogP contribution in [0.1, 0.15) is 36.8 Å². The highest BCUT2D eigenvalue weighted by molar-refractivity contribution is 5.79. The number of nitrogens with zero attached hydrogens (tertiary/aromatic N) is 2. The van der Waals surface area contributed by atoms with E-state index in [0.29, 0.717) is 11.6 Å². The Morgan fingerprint density at radius 2 is 0.867 bits per heavy atom. The molecule has 0 amide bonds. The smallest absolute Gasteiger partial charge is 0.135 e. The third kappa shape index (κ3) is 8.21. The van der Waals surface area contributed by atoms with Crippen LogP contribution in [0.2, 0.25) is 0 Å². The lowest BCUT2D eigenvalue weighted by atomic mass is 10.1. The van der Waals surface area contributed by atoms with Gasteiger partial charge in [-0.15, -0.1) is 0 Å². The lowest BCUT2D eigenvalue weighted by molar-refractivity contribution is -0.122. The van der Waals surface area contributed by atoms with Crippen molar-refractivity contribution in [2.24, 2.45) is 0 Å². The second kappa shape index (κ2) is 12.4. The molecule has 0 atom stereocenters. The Kier molecular flexibility index (Phi) is 9.26. The summed E-state index contributed by atoms with van der Waals surface area (Å²) in [6.07, 6.45) is 5.16. The summed E-state index contributed by atoms with van der Waals surface area (Å²) in [6.45, 7) is 5.96. The number of hydrogen-bond donors (Lipinski definition) is 0. The molecule has 2 fully saturated rings. The molecule has 4 heteroatoms. The summed E-state index contributed by atoms with van der Waals surface area (Å²) < 4.78 is 0. The first-order valence-corrected chi connectivity index (χ1v) is 11.2. The first-order valence-electron chi connectivity index (χ1n) is 11.2. The Bertz CT molecular complexity index is 689. The molecule has 2 aromatic rings. The van der Waals surface area contributed by atoms with Gasteiger partial charge in [0.15, 0.2) is 0 Å². The Morgan fingerprint density at radius 1 is 0.533 bits per heavy atom. The number of hydrogen-bond acceptors (Lipinski definition) is 4. The first-order chi connectivity index (χ1) is 14.7. The lowest BCUT2D eigenvalue weighted by Crippen LogP contribution is -2.35. The number of Topliss-reactive ketones (excluding diaryl/α,β-unsaturated/α-hetero) is 2. The van der Waals surface area contributed by atoms with Crippen LogP contribution < -0.4 is 0 Å². The van der Waals surface area contributed by atoms with E-state index in [9.17, 15) is 9.59 Å². The van der Waals surface area contributed by atoms with E-state index in [-0.39, 0.29) is 0 Å². The fraction of sp³-hybridized carbons (Fsp3) is 0.462. The van der Waals surface area contributed by atoms with Crippen LogP contribution in [0, 0.1) is 0 Å². The van der Waals surface area contributed by atoms with Crippen LogP contribution in [0.5, 0.6) is 0 Å². The minimum absolute atomic E-state index is 0.422. The van der Waals surface area contributed by atoms with Crippen LogP contribution in [-0.4, -0.2) is 60.6 Å². The Hall–Kier alpha value is -2.30. The fourth-order valence-electron chi connectivity index (χ4n) is 3.92. The van der Waals surface area contributed by atoms with E-state index >= 15 is 0 Å². The number of ketones is 2. The zero-order valence-electron chi connectivity index (χ0n) is 18.0. The van der Waals surface area contributed by atoms with Gasteiger partial charge >= 0.3 is 0 Å². The number of benzene rings is 2. The van der Waals surface area contributed by atoms with Gasteiger partial charge in [-0.3, -0.25) is 9.59 Å². The van der Waals surface area contributed by atoms with E-state index < -0.39 is 0 Å². The van der Waals surface area contributed by atoms with Crippen LogP contribution >= 0.6 is 0 Å². The van der Waals surface area contributed by atoms with E-state index in [0.717, 1.165) is 77.8 Å². The van der Waals surface area contributed by atoms with E-state index in [1.807, 2.05) is 12.1 Å².